The molecule has 0 aliphatic carbocycles. The second-order valence-electron chi connectivity index (χ2n) is 9.89. The molecule has 0 radical (unpaired) electrons. The summed E-state index contributed by atoms with van der Waals surface area (Å²) >= 11 is 0. The molecule has 2 N–H and O–H groups in total. The van der Waals surface area contributed by atoms with E-state index in [9.17, 15) is 0 Å². The zero-order chi connectivity index (χ0) is 23.5. The van der Waals surface area contributed by atoms with E-state index >= 15 is 0 Å². The van der Waals surface area contributed by atoms with Crippen LogP contribution in [0.5, 0.6) is 0 Å². The average Bonchev–Trinajstić information content (AvgIpc) is 2.79. The van der Waals surface area contributed by atoms with Crippen molar-refractivity contribution in [2.75, 3.05) is 10.6 Å². The summed E-state index contributed by atoms with van der Waals surface area (Å²) in [6.45, 7) is 13.3. The van der Waals surface area contributed by atoms with E-state index in [1.807, 2.05) is 0 Å². The van der Waals surface area contributed by atoms with Gasteiger partial charge < -0.3 is 10.6 Å². The van der Waals surface area contributed by atoms with Gasteiger partial charge in [0, 0.05) is 11.9 Å². The molecular weight excluding hydrogens is 402 g/mol. The van der Waals surface area contributed by atoms with Crippen LogP contribution >= 0.6 is 0 Å². The molecule has 0 bridgehead atoms. The molecule has 33 heavy (non-hydrogen) atoms. The fourth-order valence-electron chi connectivity index (χ4n) is 4.74. The van der Waals surface area contributed by atoms with Crippen LogP contribution < -0.4 is 10.6 Å². The maximum absolute atomic E-state index is 5.08. The third-order valence-corrected chi connectivity index (χ3v) is 6.67. The average molecular weight is 440 g/mol. The van der Waals surface area contributed by atoms with Crippen LogP contribution in [0.15, 0.2) is 59.6 Å². The zero-order valence-corrected chi connectivity index (χ0v) is 20.9. The molecule has 0 spiro atoms. The first kappa shape index (κ1) is 23.1. The summed E-state index contributed by atoms with van der Waals surface area (Å²) in [6.07, 6.45) is 4.22. The monoisotopic (exact) mass is 439 g/mol. The van der Waals surface area contributed by atoms with Crippen LogP contribution in [-0.4, -0.2) is 12.3 Å². The molecule has 172 valence electrons. The molecule has 1 aliphatic heterocycles. The van der Waals surface area contributed by atoms with E-state index in [-0.39, 0.29) is 6.04 Å². The van der Waals surface area contributed by atoms with Gasteiger partial charge >= 0.3 is 0 Å². The highest BCUT2D eigenvalue weighted by Gasteiger charge is 2.20. The molecule has 3 heteroatoms. The van der Waals surface area contributed by atoms with E-state index in [2.05, 4.69) is 113 Å². The second-order valence-corrected chi connectivity index (χ2v) is 9.89. The molecule has 0 amide bonds. The van der Waals surface area contributed by atoms with E-state index < -0.39 is 0 Å². The summed E-state index contributed by atoms with van der Waals surface area (Å²) in [7, 11) is 0. The molecule has 3 aromatic carbocycles. The van der Waals surface area contributed by atoms with Crippen LogP contribution in [-0.2, 0) is 6.42 Å². The number of fused-ring (bicyclic) bond motifs is 1. The Bertz CT molecular complexity index is 1110. The summed E-state index contributed by atoms with van der Waals surface area (Å²) in [5, 5.41) is 7.48. The van der Waals surface area contributed by atoms with Gasteiger partial charge in [-0.3, -0.25) is 4.99 Å². The van der Waals surface area contributed by atoms with Gasteiger partial charge in [0.25, 0.3) is 0 Å². The molecule has 0 saturated carbocycles. The highest BCUT2D eigenvalue weighted by molar-refractivity contribution is 5.84. The molecule has 3 aromatic rings. The van der Waals surface area contributed by atoms with Gasteiger partial charge in [-0.25, -0.2) is 0 Å². The summed E-state index contributed by atoms with van der Waals surface area (Å²) in [5.74, 6) is 0.896. The van der Waals surface area contributed by atoms with Crippen molar-refractivity contribution in [3.8, 4) is 0 Å². The Labute approximate surface area is 199 Å². The van der Waals surface area contributed by atoms with Crippen molar-refractivity contribution in [2.45, 2.75) is 72.3 Å². The van der Waals surface area contributed by atoms with Crippen LogP contribution in [0.2, 0.25) is 0 Å². The first-order valence-corrected chi connectivity index (χ1v) is 12.2. The molecule has 3 nitrogen and oxygen atoms in total. The van der Waals surface area contributed by atoms with E-state index in [1.54, 1.807) is 0 Å². The lowest BCUT2D eigenvalue weighted by Gasteiger charge is -2.28. The number of anilines is 3. The zero-order valence-electron chi connectivity index (χ0n) is 20.9. The molecule has 1 heterocycles. The van der Waals surface area contributed by atoms with Crippen LogP contribution in [0.4, 0.5) is 22.7 Å². The number of hydrogen-bond acceptors (Lipinski definition) is 3. The molecule has 0 aromatic heterocycles. The summed E-state index contributed by atoms with van der Waals surface area (Å²) in [4.78, 5) is 5.08. The van der Waals surface area contributed by atoms with Gasteiger partial charge in [0.15, 0.2) is 0 Å². The topological polar surface area (TPSA) is 36.4 Å². The van der Waals surface area contributed by atoms with Crippen molar-refractivity contribution < 1.29 is 0 Å². The Morgan fingerprint density at radius 1 is 0.879 bits per heavy atom. The van der Waals surface area contributed by atoms with Gasteiger partial charge in [0.1, 0.15) is 0 Å². The van der Waals surface area contributed by atoms with Crippen molar-refractivity contribution in [1.29, 1.82) is 0 Å². The lowest BCUT2D eigenvalue weighted by Crippen LogP contribution is -2.27. The molecule has 1 unspecified atom stereocenters. The Kier molecular flexibility index (Phi) is 6.88. The fraction of sp³-hybridized carbons (Fsp3) is 0.367. The van der Waals surface area contributed by atoms with Crippen molar-refractivity contribution in [3.05, 3.63) is 82.4 Å². The molecular formula is C30H37N3. The van der Waals surface area contributed by atoms with Crippen molar-refractivity contribution in [3.63, 3.8) is 0 Å². The number of benzene rings is 3. The Hall–Kier alpha value is -3.07. The Morgan fingerprint density at radius 3 is 2.12 bits per heavy atom. The molecule has 4 rings (SSSR count). The number of aliphatic imine (C=N–C) groups is 1. The van der Waals surface area contributed by atoms with E-state index in [1.165, 1.54) is 39.2 Å². The van der Waals surface area contributed by atoms with Gasteiger partial charge in [0.2, 0.25) is 0 Å². The predicted molar refractivity (Wildman–Crippen MR) is 144 cm³/mol. The first-order chi connectivity index (χ1) is 15.8. The smallest absolute Gasteiger partial charge is 0.0695 e. The van der Waals surface area contributed by atoms with Crippen LogP contribution in [0.25, 0.3) is 0 Å². The van der Waals surface area contributed by atoms with Crippen LogP contribution in [0, 0.1) is 13.8 Å². The predicted octanol–water partition coefficient (Wildman–Crippen LogP) is 8.42. The molecule has 1 aliphatic rings. The van der Waals surface area contributed by atoms with Gasteiger partial charge in [-0.15, -0.1) is 0 Å². The minimum atomic E-state index is 0.207. The molecule has 1 atom stereocenters. The molecule has 0 saturated heterocycles. The largest absolute Gasteiger partial charge is 0.375 e. The van der Waals surface area contributed by atoms with E-state index in [0.29, 0.717) is 11.8 Å². The standard InChI is InChI=1S/C30H37N3/c1-19(2)25-13-9-14-26(20(3)4)30(25)31-18-24-17-16-23-12-8-15-27(29(23)32-24)33-28-21(5)10-7-11-22(28)6/h7-15,18-20,24,32-33H,16-17H2,1-6H3. The second kappa shape index (κ2) is 9.82. The maximum atomic E-state index is 5.08. The summed E-state index contributed by atoms with van der Waals surface area (Å²) in [5.41, 5.74) is 11.2. The lowest BCUT2D eigenvalue weighted by atomic mass is 9.93. The van der Waals surface area contributed by atoms with Crippen molar-refractivity contribution in [1.82, 2.24) is 0 Å². The van der Waals surface area contributed by atoms with Gasteiger partial charge in [-0.1, -0.05) is 76.2 Å². The van der Waals surface area contributed by atoms with Gasteiger partial charge in [-0.05, 0) is 72.4 Å². The fourth-order valence-corrected chi connectivity index (χ4v) is 4.74. The van der Waals surface area contributed by atoms with Crippen LogP contribution in [0.3, 0.4) is 0 Å². The number of para-hydroxylation sites is 3. The number of aryl methyl sites for hydroxylation is 3. The van der Waals surface area contributed by atoms with Crippen molar-refractivity contribution in [2.24, 2.45) is 4.99 Å². The quantitative estimate of drug-likeness (QED) is 0.378. The Balaban J connectivity index is 1.62. The summed E-state index contributed by atoms with van der Waals surface area (Å²) < 4.78 is 0. The van der Waals surface area contributed by atoms with E-state index in [0.717, 1.165) is 24.2 Å². The minimum Gasteiger partial charge on any atom is -0.375 e. The normalized spacial score (nSPS) is 15.7. The molecule has 0 fully saturated rings. The number of nitrogens with zero attached hydrogens (tertiary/aromatic N) is 1. The van der Waals surface area contributed by atoms with Gasteiger partial charge in [0.05, 0.1) is 23.1 Å². The minimum absolute atomic E-state index is 0.207. The van der Waals surface area contributed by atoms with Crippen molar-refractivity contribution >= 4 is 29.0 Å². The lowest BCUT2D eigenvalue weighted by molar-refractivity contribution is 0.766. The third-order valence-electron chi connectivity index (χ3n) is 6.67. The highest BCUT2D eigenvalue weighted by atomic mass is 15.0. The first-order valence-electron chi connectivity index (χ1n) is 12.2. The maximum Gasteiger partial charge on any atom is 0.0695 e. The summed E-state index contributed by atoms with van der Waals surface area (Å²) in [6, 6.07) is 19.8. The Morgan fingerprint density at radius 2 is 1.48 bits per heavy atom. The number of hydrogen-bond donors (Lipinski definition) is 2. The third kappa shape index (κ3) is 4.98. The van der Waals surface area contributed by atoms with Crippen LogP contribution in [0.1, 0.15) is 73.8 Å². The van der Waals surface area contributed by atoms with Gasteiger partial charge in [-0.2, -0.15) is 0 Å². The SMILES string of the molecule is Cc1cccc(C)c1Nc1cccc2c1NC(C=Nc1c(C(C)C)cccc1C(C)C)CC2. The highest BCUT2D eigenvalue weighted by Crippen LogP contribution is 2.37. The van der Waals surface area contributed by atoms with E-state index in [4.69, 9.17) is 4.99 Å². The number of nitrogens with one attached hydrogen (secondary N) is 2. The number of rotatable bonds is 6.